The predicted octanol–water partition coefficient (Wildman–Crippen LogP) is 1.07. The number of para-hydroxylation sites is 1. The summed E-state index contributed by atoms with van der Waals surface area (Å²) in [6.07, 6.45) is 2.57. The number of benzene rings is 1. The summed E-state index contributed by atoms with van der Waals surface area (Å²) in [7, 11) is 0. The van der Waals surface area contributed by atoms with Gasteiger partial charge in [-0.3, -0.25) is 19.0 Å². The van der Waals surface area contributed by atoms with Gasteiger partial charge in [0.05, 0.1) is 23.1 Å². The maximum atomic E-state index is 12.4. The van der Waals surface area contributed by atoms with E-state index in [1.807, 2.05) is 19.1 Å². The van der Waals surface area contributed by atoms with Crippen LogP contribution in [0.4, 0.5) is 0 Å². The Morgan fingerprint density at radius 1 is 1.38 bits per heavy atom. The van der Waals surface area contributed by atoms with Gasteiger partial charge in [0, 0.05) is 19.0 Å². The van der Waals surface area contributed by atoms with Crippen LogP contribution in [0.3, 0.4) is 0 Å². The molecule has 1 aliphatic rings. The second-order valence-corrected chi connectivity index (χ2v) is 6.24. The molecule has 7 heteroatoms. The van der Waals surface area contributed by atoms with Crippen LogP contribution in [-0.2, 0) is 16.1 Å². The average Bonchev–Trinajstić information content (AvgIpc) is 2.50. The van der Waals surface area contributed by atoms with Crippen molar-refractivity contribution >= 4 is 22.8 Å². The highest BCUT2D eigenvalue weighted by atomic mass is 16.4. The largest absolute Gasteiger partial charge is 0.481 e. The third-order valence-corrected chi connectivity index (χ3v) is 4.49. The third kappa shape index (κ3) is 3.15. The minimum atomic E-state index is -0.815. The van der Waals surface area contributed by atoms with E-state index in [0.29, 0.717) is 23.7 Å². The lowest BCUT2D eigenvalue weighted by atomic mass is 9.80. The first kappa shape index (κ1) is 16.2. The van der Waals surface area contributed by atoms with Crippen LogP contribution < -0.4 is 10.9 Å². The first-order valence-corrected chi connectivity index (χ1v) is 7.92. The molecular weight excluding hydrogens is 310 g/mol. The van der Waals surface area contributed by atoms with Crippen LogP contribution in [0.2, 0.25) is 0 Å². The van der Waals surface area contributed by atoms with Gasteiger partial charge in [0.2, 0.25) is 5.91 Å². The van der Waals surface area contributed by atoms with Crippen molar-refractivity contribution < 1.29 is 14.7 Å². The molecule has 3 rings (SSSR count). The SMILES string of the molecule is Cc1cccc2c(=O)n(CCC(=O)NC3CC(C(=O)O)C3)cnc12. The molecule has 0 spiro atoms. The van der Waals surface area contributed by atoms with Crippen molar-refractivity contribution in [2.75, 3.05) is 0 Å². The summed E-state index contributed by atoms with van der Waals surface area (Å²) in [5.74, 6) is -1.35. The van der Waals surface area contributed by atoms with Crippen molar-refractivity contribution in [1.29, 1.82) is 0 Å². The molecule has 1 aromatic heterocycles. The Morgan fingerprint density at radius 2 is 2.12 bits per heavy atom. The van der Waals surface area contributed by atoms with E-state index in [4.69, 9.17) is 5.11 Å². The molecule has 1 saturated carbocycles. The van der Waals surface area contributed by atoms with Crippen molar-refractivity contribution in [3.63, 3.8) is 0 Å². The Morgan fingerprint density at radius 3 is 2.83 bits per heavy atom. The Balaban J connectivity index is 1.60. The first-order valence-electron chi connectivity index (χ1n) is 7.92. The summed E-state index contributed by atoms with van der Waals surface area (Å²) < 4.78 is 1.43. The fourth-order valence-electron chi connectivity index (χ4n) is 2.96. The van der Waals surface area contributed by atoms with Crippen LogP contribution in [0.25, 0.3) is 10.9 Å². The summed E-state index contributed by atoms with van der Waals surface area (Å²) in [6, 6.07) is 5.37. The second kappa shape index (κ2) is 6.43. The zero-order valence-corrected chi connectivity index (χ0v) is 13.4. The summed E-state index contributed by atoms with van der Waals surface area (Å²) in [5.41, 5.74) is 1.45. The van der Waals surface area contributed by atoms with Crippen LogP contribution in [0.15, 0.2) is 29.3 Å². The lowest BCUT2D eigenvalue weighted by Crippen LogP contribution is -2.46. The third-order valence-electron chi connectivity index (χ3n) is 4.49. The molecule has 2 aromatic rings. The molecule has 1 heterocycles. The zero-order chi connectivity index (χ0) is 17.3. The molecule has 1 fully saturated rings. The van der Waals surface area contributed by atoms with Gasteiger partial charge in [-0.1, -0.05) is 12.1 Å². The van der Waals surface area contributed by atoms with Crippen molar-refractivity contribution in [3.05, 3.63) is 40.4 Å². The first-order chi connectivity index (χ1) is 11.5. The second-order valence-electron chi connectivity index (χ2n) is 6.24. The van der Waals surface area contributed by atoms with E-state index in [2.05, 4.69) is 10.3 Å². The Bertz CT molecular complexity index is 853. The molecule has 7 nitrogen and oxygen atoms in total. The Labute approximate surface area is 138 Å². The highest BCUT2D eigenvalue weighted by molar-refractivity contribution is 5.80. The smallest absolute Gasteiger partial charge is 0.306 e. The molecule has 24 heavy (non-hydrogen) atoms. The number of hydrogen-bond donors (Lipinski definition) is 2. The van der Waals surface area contributed by atoms with E-state index in [1.54, 1.807) is 6.07 Å². The Kier molecular flexibility index (Phi) is 4.33. The van der Waals surface area contributed by atoms with Crippen LogP contribution in [0, 0.1) is 12.8 Å². The summed E-state index contributed by atoms with van der Waals surface area (Å²) in [5, 5.41) is 12.2. The predicted molar refractivity (Wildman–Crippen MR) is 87.6 cm³/mol. The number of nitrogens with one attached hydrogen (secondary N) is 1. The molecule has 1 aromatic carbocycles. The van der Waals surface area contributed by atoms with Crippen LogP contribution in [0.1, 0.15) is 24.8 Å². The molecule has 0 atom stereocenters. The topological polar surface area (TPSA) is 101 Å². The quantitative estimate of drug-likeness (QED) is 0.854. The van der Waals surface area contributed by atoms with Crippen LogP contribution >= 0.6 is 0 Å². The number of rotatable bonds is 5. The minimum absolute atomic E-state index is 0.0762. The fraction of sp³-hybridized carbons (Fsp3) is 0.412. The van der Waals surface area contributed by atoms with Crippen molar-refractivity contribution in [1.82, 2.24) is 14.9 Å². The van der Waals surface area contributed by atoms with Gasteiger partial charge in [-0.15, -0.1) is 0 Å². The van der Waals surface area contributed by atoms with Gasteiger partial charge in [-0.05, 0) is 31.4 Å². The highest BCUT2D eigenvalue weighted by Gasteiger charge is 2.35. The number of carboxylic acids is 1. The maximum Gasteiger partial charge on any atom is 0.306 e. The Hall–Kier alpha value is -2.70. The van der Waals surface area contributed by atoms with E-state index in [0.717, 1.165) is 5.56 Å². The lowest BCUT2D eigenvalue weighted by Gasteiger charge is -2.32. The number of hydrogen-bond acceptors (Lipinski definition) is 4. The van der Waals surface area contributed by atoms with Gasteiger partial charge in [0.25, 0.3) is 5.56 Å². The number of amides is 1. The molecule has 0 saturated heterocycles. The molecule has 0 unspecified atom stereocenters. The molecule has 1 aliphatic carbocycles. The van der Waals surface area contributed by atoms with E-state index in [9.17, 15) is 14.4 Å². The number of aryl methyl sites for hydroxylation is 2. The van der Waals surface area contributed by atoms with Crippen molar-refractivity contribution in [2.45, 2.75) is 38.8 Å². The number of carbonyl (C=O) groups excluding carboxylic acids is 1. The van der Waals surface area contributed by atoms with Crippen LogP contribution in [0.5, 0.6) is 0 Å². The molecule has 0 aliphatic heterocycles. The molecule has 0 bridgehead atoms. The average molecular weight is 329 g/mol. The molecule has 126 valence electrons. The number of carbonyl (C=O) groups is 2. The molecule has 2 N–H and O–H groups in total. The summed E-state index contributed by atoms with van der Waals surface area (Å²) in [6.45, 7) is 2.15. The van der Waals surface area contributed by atoms with Gasteiger partial charge in [-0.25, -0.2) is 4.98 Å². The van der Waals surface area contributed by atoms with Crippen LogP contribution in [-0.4, -0.2) is 32.6 Å². The normalized spacial score (nSPS) is 19.7. The van der Waals surface area contributed by atoms with Gasteiger partial charge in [0.15, 0.2) is 0 Å². The molecule has 0 radical (unpaired) electrons. The zero-order valence-electron chi connectivity index (χ0n) is 13.4. The van der Waals surface area contributed by atoms with E-state index in [1.165, 1.54) is 10.9 Å². The van der Waals surface area contributed by atoms with E-state index in [-0.39, 0.29) is 36.4 Å². The number of aliphatic carboxylic acids is 1. The summed E-state index contributed by atoms with van der Waals surface area (Å²) in [4.78, 5) is 39.4. The summed E-state index contributed by atoms with van der Waals surface area (Å²) >= 11 is 0. The van der Waals surface area contributed by atoms with E-state index < -0.39 is 5.97 Å². The maximum absolute atomic E-state index is 12.4. The number of nitrogens with zero attached hydrogens (tertiary/aromatic N) is 2. The van der Waals surface area contributed by atoms with Gasteiger partial charge < -0.3 is 10.4 Å². The lowest BCUT2D eigenvalue weighted by molar-refractivity contribution is -0.146. The monoisotopic (exact) mass is 329 g/mol. The van der Waals surface area contributed by atoms with E-state index >= 15 is 0 Å². The molecular formula is C17H19N3O4. The number of carboxylic acid groups (broad SMARTS) is 1. The number of aromatic nitrogens is 2. The van der Waals surface area contributed by atoms with Gasteiger partial charge >= 0.3 is 5.97 Å². The van der Waals surface area contributed by atoms with Gasteiger partial charge in [-0.2, -0.15) is 0 Å². The standard InChI is InChI=1S/C17H19N3O4/c1-10-3-2-4-13-15(10)18-9-20(16(13)22)6-5-14(21)19-12-7-11(8-12)17(23)24/h2-4,9,11-12H,5-8H2,1H3,(H,19,21)(H,23,24). The van der Waals surface area contributed by atoms with Crippen molar-refractivity contribution in [3.8, 4) is 0 Å². The van der Waals surface area contributed by atoms with Gasteiger partial charge in [0.1, 0.15) is 0 Å². The van der Waals surface area contributed by atoms with Crippen molar-refractivity contribution in [2.24, 2.45) is 5.92 Å². The fourth-order valence-corrected chi connectivity index (χ4v) is 2.96. The molecule has 1 amide bonds. The minimum Gasteiger partial charge on any atom is -0.481 e. The highest BCUT2D eigenvalue weighted by Crippen LogP contribution is 2.27. The number of fused-ring (bicyclic) bond motifs is 1.